The molecule has 3 aromatic rings. The maximum atomic E-state index is 12.6. The molecule has 0 bridgehead atoms. The van der Waals surface area contributed by atoms with Gasteiger partial charge >= 0.3 is 0 Å². The van der Waals surface area contributed by atoms with Gasteiger partial charge in [0.15, 0.2) is 0 Å². The van der Waals surface area contributed by atoms with Gasteiger partial charge in [0.2, 0.25) is 5.91 Å². The highest BCUT2D eigenvalue weighted by Crippen LogP contribution is 2.35. The van der Waals surface area contributed by atoms with Crippen LogP contribution in [0.5, 0.6) is 0 Å². The van der Waals surface area contributed by atoms with Crippen LogP contribution in [0.2, 0.25) is 0 Å². The molecule has 25 heavy (non-hydrogen) atoms. The summed E-state index contributed by atoms with van der Waals surface area (Å²) >= 11 is 1.82. The van der Waals surface area contributed by atoms with E-state index in [-0.39, 0.29) is 23.9 Å². The van der Waals surface area contributed by atoms with Crippen molar-refractivity contribution in [3.05, 3.63) is 70.1 Å². The van der Waals surface area contributed by atoms with E-state index in [0.29, 0.717) is 11.1 Å². The van der Waals surface area contributed by atoms with Gasteiger partial charge < -0.3 is 5.32 Å². The molecule has 4 rings (SSSR count). The first kappa shape index (κ1) is 15.9. The van der Waals surface area contributed by atoms with Crippen molar-refractivity contribution in [2.24, 2.45) is 0 Å². The molecule has 0 saturated heterocycles. The number of amides is 1. The predicted molar refractivity (Wildman–Crippen MR) is 98.7 cm³/mol. The molecule has 2 aromatic carbocycles. The van der Waals surface area contributed by atoms with Gasteiger partial charge in [0.1, 0.15) is 0 Å². The molecule has 1 aromatic heterocycles. The van der Waals surface area contributed by atoms with E-state index < -0.39 is 0 Å². The van der Waals surface area contributed by atoms with Crippen LogP contribution in [0.1, 0.15) is 23.7 Å². The van der Waals surface area contributed by atoms with Crippen LogP contribution in [0.15, 0.2) is 58.2 Å². The number of nitrogens with zero attached hydrogens (tertiary/aromatic N) is 1. The fraction of sp³-hybridized carbons (Fsp3) is 0.211. The molecule has 0 fully saturated rings. The number of hydrogen-bond acceptors (Lipinski definition) is 4. The molecule has 0 radical (unpaired) electrons. The van der Waals surface area contributed by atoms with Gasteiger partial charge in [0, 0.05) is 16.0 Å². The number of aromatic nitrogens is 2. The lowest BCUT2D eigenvalue weighted by Gasteiger charge is -2.25. The van der Waals surface area contributed by atoms with Gasteiger partial charge in [0.25, 0.3) is 5.56 Å². The first-order valence-corrected chi connectivity index (χ1v) is 9.18. The molecule has 126 valence electrons. The summed E-state index contributed by atoms with van der Waals surface area (Å²) in [5.41, 5.74) is 1.52. The number of thioether (sulfide) groups is 1. The Hall–Kier alpha value is -2.60. The molecule has 5 nitrogen and oxygen atoms in total. The second-order valence-electron chi connectivity index (χ2n) is 6.02. The Morgan fingerprint density at radius 1 is 1.16 bits per heavy atom. The minimum atomic E-state index is -0.238. The van der Waals surface area contributed by atoms with Gasteiger partial charge in [-0.25, -0.2) is 5.10 Å². The third-order valence-electron chi connectivity index (χ3n) is 4.40. The summed E-state index contributed by atoms with van der Waals surface area (Å²) in [6.07, 6.45) is 1.05. The Balaban J connectivity index is 1.56. The first-order chi connectivity index (χ1) is 12.2. The van der Waals surface area contributed by atoms with Gasteiger partial charge in [-0.05, 0) is 24.1 Å². The van der Waals surface area contributed by atoms with Crippen LogP contribution in [0.3, 0.4) is 0 Å². The van der Waals surface area contributed by atoms with Gasteiger partial charge in [-0.3, -0.25) is 9.59 Å². The number of rotatable bonds is 3. The third kappa shape index (κ3) is 3.17. The number of carbonyl (C=O) groups is 1. The van der Waals surface area contributed by atoms with E-state index >= 15 is 0 Å². The number of fused-ring (bicyclic) bond motifs is 2. The monoisotopic (exact) mass is 351 g/mol. The average molecular weight is 351 g/mol. The average Bonchev–Trinajstić information content (AvgIpc) is 2.65. The van der Waals surface area contributed by atoms with Gasteiger partial charge in [-0.15, -0.1) is 11.8 Å². The van der Waals surface area contributed by atoms with E-state index in [2.05, 4.69) is 27.6 Å². The lowest BCUT2D eigenvalue weighted by molar-refractivity contribution is -0.121. The normalized spacial score (nSPS) is 16.4. The molecule has 0 aliphatic carbocycles. The summed E-state index contributed by atoms with van der Waals surface area (Å²) in [5.74, 6) is 0.901. The minimum absolute atomic E-state index is 0.0268. The van der Waals surface area contributed by atoms with Crippen LogP contribution in [-0.4, -0.2) is 21.9 Å². The zero-order valence-corrected chi connectivity index (χ0v) is 14.3. The molecule has 1 aliphatic heterocycles. The number of aromatic amines is 1. The van der Waals surface area contributed by atoms with E-state index in [1.165, 1.54) is 10.5 Å². The van der Waals surface area contributed by atoms with Crippen molar-refractivity contribution in [2.75, 3.05) is 5.75 Å². The minimum Gasteiger partial charge on any atom is -0.349 e. The summed E-state index contributed by atoms with van der Waals surface area (Å²) in [4.78, 5) is 25.6. The Morgan fingerprint density at radius 2 is 1.92 bits per heavy atom. The maximum absolute atomic E-state index is 12.6. The van der Waals surface area contributed by atoms with Crippen LogP contribution in [0.4, 0.5) is 0 Å². The Kier molecular flexibility index (Phi) is 4.28. The summed E-state index contributed by atoms with van der Waals surface area (Å²) in [5, 5.41) is 11.0. The topological polar surface area (TPSA) is 74.8 Å². The lowest BCUT2D eigenvalue weighted by atomic mass is 10.0. The Morgan fingerprint density at radius 3 is 2.80 bits per heavy atom. The zero-order valence-electron chi connectivity index (χ0n) is 13.5. The molecule has 1 atom stereocenters. The fourth-order valence-electron chi connectivity index (χ4n) is 3.20. The maximum Gasteiger partial charge on any atom is 0.272 e. The molecule has 1 aliphatic rings. The Labute approximate surface area is 148 Å². The Bertz CT molecular complexity index is 999. The highest BCUT2D eigenvalue weighted by Gasteiger charge is 2.22. The number of nitrogens with one attached hydrogen (secondary N) is 2. The van der Waals surface area contributed by atoms with Crippen LogP contribution in [0, 0.1) is 0 Å². The number of carbonyl (C=O) groups excluding carboxylic acids is 1. The number of benzene rings is 2. The third-order valence-corrected chi connectivity index (χ3v) is 5.52. The molecule has 0 spiro atoms. The smallest absolute Gasteiger partial charge is 0.272 e. The molecule has 2 heterocycles. The highest BCUT2D eigenvalue weighted by molar-refractivity contribution is 7.99. The largest absolute Gasteiger partial charge is 0.349 e. The van der Waals surface area contributed by atoms with Gasteiger partial charge in [0.05, 0.1) is 23.5 Å². The number of hydrogen-bond donors (Lipinski definition) is 2. The van der Waals surface area contributed by atoms with Gasteiger partial charge in [-0.1, -0.05) is 36.4 Å². The summed E-state index contributed by atoms with van der Waals surface area (Å²) < 4.78 is 0. The van der Waals surface area contributed by atoms with Crippen molar-refractivity contribution in [3.63, 3.8) is 0 Å². The van der Waals surface area contributed by atoms with E-state index in [1.807, 2.05) is 36.0 Å². The highest BCUT2D eigenvalue weighted by atomic mass is 32.2. The molecule has 0 saturated carbocycles. The van der Waals surface area contributed by atoms with Gasteiger partial charge in [-0.2, -0.15) is 5.10 Å². The van der Waals surface area contributed by atoms with Crippen LogP contribution >= 0.6 is 11.8 Å². The lowest BCUT2D eigenvalue weighted by Crippen LogP contribution is -2.32. The molecular weight excluding hydrogens is 334 g/mol. The van der Waals surface area contributed by atoms with Crippen LogP contribution in [-0.2, 0) is 11.2 Å². The quantitative estimate of drug-likeness (QED) is 0.761. The number of H-pyrrole nitrogens is 1. The zero-order chi connectivity index (χ0) is 17.2. The molecular formula is C19H17N3O2S. The SMILES string of the molecule is O=C(Cc1n[nH]c(=O)c2ccccc12)N[C@H]1CCSc2ccccc21. The second kappa shape index (κ2) is 6.72. The second-order valence-corrected chi connectivity index (χ2v) is 7.15. The van der Waals surface area contributed by atoms with Crippen molar-refractivity contribution in [3.8, 4) is 0 Å². The van der Waals surface area contributed by atoms with E-state index in [0.717, 1.165) is 17.6 Å². The van der Waals surface area contributed by atoms with Crippen LogP contribution < -0.4 is 10.9 Å². The van der Waals surface area contributed by atoms with Crippen molar-refractivity contribution in [2.45, 2.75) is 23.8 Å². The summed E-state index contributed by atoms with van der Waals surface area (Å²) in [7, 11) is 0. The first-order valence-electron chi connectivity index (χ1n) is 8.20. The van der Waals surface area contributed by atoms with Crippen LogP contribution in [0.25, 0.3) is 10.8 Å². The molecule has 2 N–H and O–H groups in total. The van der Waals surface area contributed by atoms with E-state index in [4.69, 9.17) is 0 Å². The van der Waals surface area contributed by atoms with Crippen molar-refractivity contribution >= 4 is 28.4 Å². The van der Waals surface area contributed by atoms with Crippen molar-refractivity contribution in [1.29, 1.82) is 0 Å². The molecule has 6 heteroatoms. The summed E-state index contributed by atoms with van der Waals surface area (Å²) in [6, 6.07) is 15.4. The predicted octanol–water partition coefficient (Wildman–Crippen LogP) is 2.82. The van der Waals surface area contributed by atoms with Crippen molar-refractivity contribution in [1.82, 2.24) is 15.5 Å². The summed E-state index contributed by atoms with van der Waals surface area (Å²) in [6.45, 7) is 0. The molecule has 0 unspecified atom stereocenters. The standard InChI is InChI=1S/C19H17N3O2S/c23-18(20-15-9-10-25-17-8-4-3-7-14(15)17)11-16-12-5-1-2-6-13(12)19(24)22-21-16/h1-8,15H,9-11H2,(H,20,23)(H,22,24)/t15-/m0/s1. The molecule has 1 amide bonds. The van der Waals surface area contributed by atoms with Crippen molar-refractivity contribution < 1.29 is 4.79 Å². The fourth-order valence-corrected chi connectivity index (χ4v) is 4.32. The van der Waals surface area contributed by atoms with E-state index in [9.17, 15) is 9.59 Å². The van der Waals surface area contributed by atoms with E-state index in [1.54, 1.807) is 12.1 Å².